The minimum Gasteiger partial charge on any atom is -0.330 e. The zero-order chi connectivity index (χ0) is 16.4. The molecular weight excluding hydrogens is 282 g/mol. The minimum atomic E-state index is -0.318. The molecule has 2 N–H and O–H groups in total. The summed E-state index contributed by atoms with van der Waals surface area (Å²) in [5.74, 6) is 1.02. The van der Waals surface area contributed by atoms with Gasteiger partial charge in [0.25, 0.3) is 5.56 Å². The molecule has 0 bridgehead atoms. The van der Waals surface area contributed by atoms with Crippen molar-refractivity contribution in [1.82, 2.24) is 18.7 Å². The molecule has 0 radical (unpaired) electrons. The number of hydrogen-bond acceptors (Lipinski definition) is 4. The molecule has 0 atom stereocenters. The first kappa shape index (κ1) is 16.5. The van der Waals surface area contributed by atoms with Gasteiger partial charge in [-0.2, -0.15) is 0 Å². The molecule has 0 fully saturated rings. The van der Waals surface area contributed by atoms with Gasteiger partial charge in [-0.3, -0.25) is 13.9 Å². The molecular formula is C15H25N5O2. The Kier molecular flexibility index (Phi) is 4.85. The number of fused-ring (bicyclic) bond motifs is 1. The first-order chi connectivity index (χ1) is 10.4. The summed E-state index contributed by atoms with van der Waals surface area (Å²) in [5, 5.41) is 0. The van der Waals surface area contributed by atoms with E-state index in [1.807, 2.05) is 25.3 Å². The molecule has 2 rings (SSSR count). The maximum atomic E-state index is 12.6. The third-order valence-corrected chi connectivity index (χ3v) is 3.93. The highest BCUT2D eigenvalue weighted by molar-refractivity contribution is 5.71. The van der Waals surface area contributed by atoms with E-state index < -0.39 is 0 Å². The van der Waals surface area contributed by atoms with Gasteiger partial charge in [0.1, 0.15) is 5.82 Å². The lowest BCUT2D eigenvalue weighted by molar-refractivity contribution is 0.581. The molecule has 2 heterocycles. The van der Waals surface area contributed by atoms with Crippen molar-refractivity contribution in [2.75, 3.05) is 6.54 Å². The quantitative estimate of drug-likeness (QED) is 0.799. The van der Waals surface area contributed by atoms with Gasteiger partial charge in [0, 0.05) is 26.1 Å². The predicted molar refractivity (Wildman–Crippen MR) is 87.3 cm³/mol. The van der Waals surface area contributed by atoms with Gasteiger partial charge in [-0.15, -0.1) is 0 Å². The number of nitrogens with zero attached hydrogens (tertiary/aromatic N) is 4. The topological polar surface area (TPSA) is 87.8 Å². The smallest absolute Gasteiger partial charge is 0.330 e. The zero-order valence-corrected chi connectivity index (χ0v) is 13.8. The monoisotopic (exact) mass is 307 g/mol. The Labute approximate surface area is 129 Å². The standard InChI is InChI=1S/C15H25N5O2/c1-5-19-13-11(14(21)18(4)15(19)22)20(9-7-6-8-16)12(17-13)10(2)3/h10H,5-9,16H2,1-4H3. The molecule has 0 spiro atoms. The zero-order valence-electron chi connectivity index (χ0n) is 13.8. The van der Waals surface area contributed by atoms with E-state index in [-0.39, 0.29) is 17.2 Å². The highest BCUT2D eigenvalue weighted by Crippen LogP contribution is 2.19. The number of imidazole rings is 1. The first-order valence-electron chi connectivity index (χ1n) is 7.84. The Morgan fingerprint density at radius 1 is 1.18 bits per heavy atom. The summed E-state index contributed by atoms with van der Waals surface area (Å²) in [5.41, 5.74) is 5.97. The Bertz CT molecular complexity index is 782. The van der Waals surface area contributed by atoms with Gasteiger partial charge in [0.15, 0.2) is 11.2 Å². The molecule has 7 nitrogen and oxygen atoms in total. The van der Waals surface area contributed by atoms with Crippen LogP contribution in [0, 0.1) is 0 Å². The van der Waals surface area contributed by atoms with Crippen molar-refractivity contribution in [3.05, 3.63) is 26.7 Å². The van der Waals surface area contributed by atoms with E-state index in [4.69, 9.17) is 5.73 Å². The van der Waals surface area contributed by atoms with Crippen LogP contribution in [0.2, 0.25) is 0 Å². The van der Waals surface area contributed by atoms with Crippen LogP contribution in [0.4, 0.5) is 0 Å². The summed E-state index contributed by atoms with van der Waals surface area (Å²) in [7, 11) is 1.52. The average molecular weight is 307 g/mol. The van der Waals surface area contributed by atoms with Crippen molar-refractivity contribution in [3.8, 4) is 0 Å². The van der Waals surface area contributed by atoms with Crippen molar-refractivity contribution < 1.29 is 0 Å². The number of rotatable bonds is 6. The van der Waals surface area contributed by atoms with Gasteiger partial charge in [0.05, 0.1) is 0 Å². The molecule has 0 saturated carbocycles. The summed E-state index contributed by atoms with van der Waals surface area (Å²) in [6.07, 6.45) is 1.78. The Hall–Kier alpha value is -1.89. The van der Waals surface area contributed by atoms with E-state index in [2.05, 4.69) is 4.98 Å². The first-order valence-corrected chi connectivity index (χ1v) is 7.84. The summed E-state index contributed by atoms with van der Waals surface area (Å²) >= 11 is 0. The van der Waals surface area contributed by atoms with Crippen LogP contribution in [0.15, 0.2) is 9.59 Å². The van der Waals surface area contributed by atoms with Crippen molar-refractivity contribution in [1.29, 1.82) is 0 Å². The molecule has 22 heavy (non-hydrogen) atoms. The summed E-state index contributed by atoms with van der Waals surface area (Å²) in [4.78, 5) is 29.4. The Morgan fingerprint density at radius 3 is 2.41 bits per heavy atom. The van der Waals surface area contributed by atoms with Gasteiger partial charge < -0.3 is 10.3 Å². The predicted octanol–water partition coefficient (Wildman–Crippen LogP) is 0.779. The highest BCUT2D eigenvalue weighted by Gasteiger charge is 2.20. The second-order valence-electron chi connectivity index (χ2n) is 5.84. The van der Waals surface area contributed by atoms with Crippen LogP contribution in [0.5, 0.6) is 0 Å². The number of aromatic nitrogens is 4. The summed E-state index contributed by atoms with van der Waals surface area (Å²) < 4.78 is 4.68. The van der Waals surface area contributed by atoms with Gasteiger partial charge in [0.2, 0.25) is 0 Å². The Balaban J connectivity index is 2.80. The van der Waals surface area contributed by atoms with Crippen LogP contribution >= 0.6 is 0 Å². The van der Waals surface area contributed by atoms with E-state index in [0.29, 0.717) is 30.8 Å². The lowest BCUT2D eigenvalue weighted by Gasteiger charge is -2.11. The molecule has 0 aliphatic carbocycles. The van der Waals surface area contributed by atoms with Gasteiger partial charge in [-0.25, -0.2) is 9.78 Å². The molecule has 0 amide bonds. The second-order valence-corrected chi connectivity index (χ2v) is 5.84. The van der Waals surface area contributed by atoms with E-state index in [0.717, 1.165) is 23.2 Å². The number of hydrogen-bond donors (Lipinski definition) is 1. The molecule has 0 saturated heterocycles. The van der Waals surface area contributed by atoms with Crippen LogP contribution in [-0.2, 0) is 20.1 Å². The molecule has 0 unspecified atom stereocenters. The van der Waals surface area contributed by atoms with Crippen LogP contribution in [0.3, 0.4) is 0 Å². The summed E-state index contributed by atoms with van der Waals surface area (Å²) in [6.45, 7) is 7.77. The fourth-order valence-corrected chi connectivity index (χ4v) is 2.74. The number of unbranched alkanes of at least 4 members (excludes halogenated alkanes) is 1. The van der Waals surface area contributed by atoms with Gasteiger partial charge in [-0.05, 0) is 26.3 Å². The van der Waals surface area contributed by atoms with Crippen molar-refractivity contribution in [3.63, 3.8) is 0 Å². The molecule has 2 aromatic rings. The SMILES string of the molecule is CCn1c(=O)n(C)c(=O)c2c1nc(C(C)C)n2CCCCN. The minimum absolute atomic E-state index is 0.176. The van der Waals surface area contributed by atoms with E-state index in [9.17, 15) is 9.59 Å². The maximum absolute atomic E-state index is 12.6. The maximum Gasteiger partial charge on any atom is 0.332 e. The third kappa shape index (κ3) is 2.61. The molecule has 0 aliphatic rings. The van der Waals surface area contributed by atoms with E-state index in [1.165, 1.54) is 7.05 Å². The third-order valence-electron chi connectivity index (χ3n) is 3.93. The average Bonchev–Trinajstić information content (AvgIpc) is 2.85. The lowest BCUT2D eigenvalue weighted by Crippen LogP contribution is -2.38. The van der Waals surface area contributed by atoms with Crippen LogP contribution in [0.1, 0.15) is 45.4 Å². The van der Waals surface area contributed by atoms with Crippen LogP contribution < -0.4 is 17.0 Å². The molecule has 0 aliphatic heterocycles. The lowest BCUT2D eigenvalue weighted by atomic mass is 10.2. The molecule has 122 valence electrons. The Morgan fingerprint density at radius 2 is 1.86 bits per heavy atom. The largest absolute Gasteiger partial charge is 0.332 e. The van der Waals surface area contributed by atoms with E-state index in [1.54, 1.807) is 4.57 Å². The van der Waals surface area contributed by atoms with Crippen LogP contribution in [0.25, 0.3) is 11.2 Å². The fourth-order valence-electron chi connectivity index (χ4n) is 2.74. The van der Waals surface area contributed by atoms with Gasteiger partial charge >= 0.3 is 5.69 Å². The second kappa shape index (κ2) is 6.48. The summed E-state index contributed by atoms with van der Waals surface area (Å²) in [6, 6.07) is 0. The van der Waals surface area contributed by atoms with Crippen molar-refractivity contribution >= 4 is 11.2 Å². The molecule has 2 aromatic heterocycles. The molecule has 7 heteroatoms. The van der Waals surface area contributed by atoms with Crippen molar-refractivity contribution in [2.24, 2.45) is 12.8 Å². The van der Waals surface area contributed by atoms with Gasteiger partial charge in [-0.1, -0.05) is 13.8 Å². The highest BCUT2D eigenvalue weighted by atomic mass is 16.2. The van der Waals surface area contributed by atoms with Crippen molar-refractivity contribution in [2.45, 2.75) is 52.6 Å². The normalized spacial score (nSPS) is 11.7. The van der Waals surface area contributed by atoms with Crippen LogP contribution in [-0.4, -0.2) is 25.2 Å². The number of nitrogens with two attached hydrogens (primary N) is 1. The molecule has 0 aromatic carbocycles. The van der Waals surface area contributed by atoms with E-state index >= 15 is 0 Å². The fraction of sp³-hybridized carbons (Fsp3) is 0.667. The number of aryl methyl sites for hydroxylation is 2.